The lowest BCUT2D eigenvalue weighted by Gasteiger charge is -2.15. The average molecular weight is 353 g/mol. The Hall–Kier alpha value is -3.42. The van der Waals surface area contributed by atoms with Gasteiger partial charge in [-0.05, 0) is 32.0 Å². The molecular weight excluding hydrogens is 334 g/mol. The van der Waals surface area contributed by atoms with Gasteiger partial charge in [0.2, 0.25) is 0 Å². The molecule has 3 rings (SSSR count). The molecule has 8 heteroatoms. The molecule has 1 aromatic carbocycles. The Morgan fingerprint density at radius 3 is 2.58 bits per heavy atom. The van der Waals surface area contributed by atoms with Gasteiger partial charge in [-0.3, -0.25) is 9.59 Å². The second-order valence-corrected chi connectivity index (χ2v) is 5.89. The number of carbonyl (C=O) groups excluding carboxylic acids is 2. The number of nitrogens with zero attached hydrogens (tertiary/aromatic N) is 3. The maximum atomic E-state index is 12.7. The van der Waals surface area contributed by atoms with Crippen molar-refractivity contribution in [3.8, 4) is 0 Å². The average Bonchev–Trinajstić information content (AvgIpc) is 3.23. The maximum Gasteiger partial charge on any atom is 0.259 e. The number of carbonyl (C=O) groups is 2. The van der Waals surface area contributed by atoms with Gasteiger partial charge in [0.1, 0.15) is 12.1 Å². The first-order valence-electron chi connectivity index (χ1n) is 8.06. The minimum absolute atomic E-state index is 0.319. The summed E-state index contributed by atoms with van der Waals surface area (Å²) in [5, 5.41) is 13.4. The summed E-state index contributed by atoms with van der Waals surface area (Å²) >= 11 is 0. The topological polar surface area (TPSA) is 102 Å². The van der Waals surface area contributed by atoms with Crippen LogP contribution in [0, 0.1) is 6.92 Å². The molecule has 0 spiro atoms. The van der Waals surface area contributed by atoms with Gasteiger partial charge in [-0.1, -0.05) is 12.1 Å². The van der Waals surface area contributed by atoms with Crippen molar-refractivity contribution in [1.82, 2.24) is 20.1 Å². The highest BCUT2D eigenvalue weighted by Gasteiger charge is 2.19. The number of hydrogen-bond acceptors (Lipinski definition) is 5. The number of hydrogen-bond donors (Lipinski definition) is 2. The van der Waals surface area contributed by atoms with E-state index in [4.69, 9.17) is 4.42 Å². The van der Waals surface area contributed by atoms with E-state index in [0.29, 0.717) is 28.4 Å². The van der Waals surface area contributed by atoms with Crippen molar-refractivity contribution in [1.29, 1.82) is 0 Å². The van der Waals surface area contributed by atoms with Gasteiger partial charge in [0.25, 0.3) is 11.8 Å². The summed E-state index contributed by atoms with van der Waals surface area (Å²) in [5.74, 6) is 0.493. The molecule has 0 fully saturated rings. The van der Waals surface area contributed by atoms with E-state index in [1.807, 2.05) is 6.92 Å². The van der Waals surface area contributed by atoms with Crippen molar-refractivity contribution in [2.75, 3.05) is 5.32 Å². The van der Waals surface area contributed by atoms with Gasteiger partial charge in [-0.15, -0.1) is 10.2 Å². The van der Waals surface area contributed by atoms with E-state index in [2.05, 4.69) is 20.8 Å². The molecule has 0 saturated carbocycles. The summed E-state index contributed by atoms with van der Waals surface area (Å²) in [6.07, 6.45) is 3.02. The number of aryl methyl sites for hydroxylation is 2. The van der Waals surface area contributed by atoms with E-state index in [-0.39, 0.29) is 17.9 Å². The highest BCUT2D eigenvalue weighted by Crippen LogP contribution is 2.19. The molecule has 2 amide bonds. The van der Waals surface area contributed by atoms with Crippen molar-refractivity contribution >= 4 is 17.5 Å². The monoisotopic (exact) mass is 353 g/mol. The predicted molar refractivity (Wildman–Crippen MR) is 94.7 cm³/mol. The number of furan rings is 1. The van der Waals surface area contributed by atoms with Gasteiger partial charge in [0.15, 0.2) is 5.82 Å². The van der Waals surface area contributed by atoms with Crippen LogP contribution in [-0.4, -0.2) is 26.6 Å². The fourth-order valence-electron chi connectivity index (χ4n) is 2.62. The van der Waals surface area contributed by atoms with Crippen LogP contribution in [0.4, 0.5) is 5.69 Å². The third kappa shape index (κ3) is 3.49. The zero-order valence-corrected chi connectivity index (χ0v) is 14.7. The molecule has 2 N–H and O–H groups in total. The Morgan fingerprint density at radius 1 is 1.15 bits per heavy atom. The molecule has 2 heterocycles. The molecule has 3 aromatic rings. The standard InChI is InChI=1S/C18H19N5O3/c1-11(16-22-19-10-23(16)3)20-18(25)14-6-4-5-7-15(14)21-17(24)13-8-9-26-12(13)2/h4-11H,1-3H3,(H,20,25)(H,21,24). The van der Waals surface area contributed by atoms with Crippen LogP contribution >= 0.6 is 0 Å². The van der Waals surface area contributed by atoms with Crippen LogP contribution in [0.5, 0.6) is 0 Å². The Morgan fingerprint density at radius 2 is 1.92 bits per heavy atom. The molecule has 1 unspecified atom stereocenters. The number of benzene rings is 1. The lowest BCUT2D eigenvalue weighted by molar-refractivity contribution is 0.0938. The molecule has 0 saturated heterocycles. The minimum atomic E-state index is -0.338. The summed E-state index contributed by atoms with van der Waals surface area (Å²) in [5.41, 5.74) is 1.20. The number of aromatic nitrogens is 3. The second-order valence-electron chi connectivity index (χ2n) is 5.89. The van der Waals surface area contributed by atoms with Crippen molar-refractivity contribution in [2.45, 2.75) is 19.9 Å². The first-order valence-corrected chi connectivity index (χ1v) is 8.06. The minimum Gasteiger partial charge on any atom is -0.469 e. The summed E-state index contributed by atoms with van der Waals surface area (Å²) in [6, 6.07) is 8.06. The molecule has 134 valence electrons. The van der Waals surface area contributed by atoms with Crippen molar-refractivity contribution < 1.29 is 14.0 Å². The molecule has 0 bridgehead atoms. The van der Waals surface area contributed by atoms with E-state index in [9.17, 15) is 9.59 Å². The zero-order valence-electron chi connectivity index (χ0n) is 14.7. The van der Waals surface area contributed by atoms with Gasteiger partial charge in [-0.25, -0.2) is 0 Å². The summed E-state index contributed by atoms with van der Waals surface area (Å²) < 4.78 is 6.89. The van der Waals surface area contributed by atoms with Gasteiger partial charge < -0.3 is 19.6 Å². The van der Waals surface area contributed by atoms with E-state index in [1.165, 1.54) is 6.26 Å². The SMILES string of the molecule is Cc1occc1C(=O)Nc1ccccc1C(=O)NC(C)c1nncn1C. The van der Waals surface area contributed by atoms with Crippen LogP contribution in [-0.2, 0) is 7.05 Å². The first kappa shape index (κ1) is 17.4. The largest absolute Gasteiger partial charge is 0.469 e. The highest BCUT2D eigenvalue weighted by atomic mass is 16.3. The summed E-state index contributed by atoms with van der Waals surface area (Å²) in [7, 11) is 1.80. The third-order valence-electron chi connectivity index (χ3n) is 4.00. The molecule has 0 aliphatic carbocycles. The fourth-order valence-corrected chi connectivity index (χ4v) is 2.62. The molecular formula is C18H19N5O3. The number of nitrogens with one attached hydrogen (secondary N) is 2. The second kappa shape index (κ2) is 7.22. The molecule has 8 nitrogen and oxygen atoms in total. The van der Waals surface area contributed by atoms with Crippen LogP contribution in [0.1, 0.15) is 45.3 Å². The molecule has 26 heavy (non-hydrogen) atoms. The van der Waals surface area contributed by atoms with Crippen molar-refractivity contribution in [3.05, 3.63) is 65.6 Å². The highest BCUT2D eigenvalue weighted by molar-refractivity contribution is 6.09. The summed E-state index contributed by atoms with van der Waals surface area (Å²) in [6.45, 7) is 3.52. The Labute approximate surface area is 150 Å². The number of anilines is 1. The molecule has 0 aliphatic heterocycles. The lowest BCUT2D eigenvalue weighted by Crippen LogP contribution is -2.29. The molecule has 0 aliphatic rings. The van der Waals surface area contributed by atoms with Crippen LogP contribution in [0.3, 0.4) is 0 Å². The third-order valence-corrected chi connectivity index (χ3v) is 4.00. The normalized spacial score (nSPS) is 11.8. The van der Waals surface area contributed by atoms with E-state index in [0.717, 1.165) is 0 Å². The van der Waals surface area contributed by atoms with Gasteiger partial charge in [-0.2, -0.15) is 0 Å². The van der Waals surface area contributed by atoms with E-state index < -0.39 is 0 Å². The van der Waals surface area contributed by atoms with E-state index in [1.54, 1.807) is 55.2 Å². The quantitative estimate of drug-likeness (QED) is 0.733. The first-order chi connectivity index (χ1) is 12.5. The number of amides is 2. The van der Waals surface area contributed by atoms with Crippen LogP contribution < -0.4 is 10.6 Å². The Bertz CT molecular complexity index is 944. The molecule has 0 radical (unpaired) electrons. The van der Waals surface area contributed by atoms with Gasteiger partial charge in [0, 0.05) is 7.05 Å². The summed E-state index contributed by atoms with van der Waals surface area (Å²) in [4.78, 5) is 25.1. The van der Waals surface area contributed by atoms with Gasteiger partial charge in [0.05, 0.1) is 29.1 Å². The van der Waals surface area contributed by atoms with Gasteiger partial charge >= 0.3 is 0 Å². The van der Waals surface area contributed by atoms with Crippen LogP contribution in [0.2, 0.25) is 0 Å². The fraction of sp³-hybridized carbons (Fsp3) is 0.222. The number of para-hydroxylation sites is 1. The Balaban J connectivity index is 1.78. The lowest BCUT2D eigenvalue weighted by atomic mass is 10.1. The smallest absolute Gasteiger partial charge is 0.259 e. The van der Waals surface area contributed by atoms with Crippen LogP contribution in [0.25, 0.3) is 0 Å². The molecule has 2 aromatic heterocycles. The van der Waals surface area contributed by atoms with Crippen molar-refractivity contribution in [3.63, 3.8) is 0 Å². The van der Waals surface area contributed by atoms with Crippen molar-refractivity contribution in [2.24, 2.45) is 7.05 Å². The zero-order chi connectivity index (χ0) is 18.7. The maximum absolute atomic E-state index is 12.7. The Kier molecular flexibility index (Phi) is 4.83. The number of rotatable bonds is 5. The predicted octanol–water partition coefficient (Wildman–Crippen LogP) is 2.46. The van der Waals surface area contributed by atoms with Crippen LogP contribution in [0.15, 0.2) is 47.3 Å². The van der Waals surface area contributed by atoms with E-state index >= 15 is 0 Å². The molecule has 1 atom stereocenters.